The van der Waals surface area contributed by atoms with Crippen molar-refractivity contribution in [2.45, 2.75) is 25.4 Å². The Balaban J connectivity index is 1.48. The Bertz CT molecular complexity index is 1130. The molecule has 0 radical (unpaired) electrons. The molecule has 1 aliphatic heterocycles. The topological polar surface area (TPSA) is 60.2 Å². The predicted octanol–water partition coefficient (Wildman–Crippen LogP) is 5.33. The van der Waals surface area contributed by atoms with E-state index in [1.807, 2.05) is 36.4 Å². The molecule has 2 aromatic carbocycles. The molecule has 0 bridgehead atoms. The van der Waals surface area contributed by atoms with Gasteiger partial charge in [-0.3, -0.25) is 0 Å². The monoisotopic (exact) mass is 425 g/mol. The average molecular weight is 426 g/mol. The maximum Gasteiger partial charge on any atom is 0.271 e. The first-order chi connectivity index (χ1) is 14.3. The number of fused-ring (bicyclic) bond motifs is 1. The van der Waals surface area contributed by atoms with Crippen LogP contribution in [-0.2, 0) is 6.42 Å². The molecule has 5 rings (SSSR count). The smallest absolute Gasteiger partial charge is 0.271 e. The minimum Gasteiger partial charge on any atom is -0.488 e. The van der Waals surface area contributed by atoms with Crippen molar-refractivity contribution in [1.29, 1.82) is 0 Å². The molecule has 7 heteroatoms. The molecular formula is C22H20ClN3O2S. The van der Waals surface area contributed by atoms with E-state index in [-0.39, 0.29) is 6.10 Å². The molecule has 0 atom stereocenters. The average Bonchev–Trinajstić information content (AvgIpc) is 3.34. The van der Waals surface area contributed by atoms with Crippen LogP contribution >= 0.6 is 22.9 Å². The number of nitrogens with zero attached hydrogens (tertiary/aromatic N) is 2. The quantitative estimate of drug-likeness (QED) is 0.468. The van der Waals surface area contributed by atoms with Crippen molar-refractivity contribution >= 4 is 33.0 Å². The third kappa shape index (κ3) is 4.01. The molecule has 0 saturated carbocycles. The van der Waals surface area contributed by atoms with E-state index in [1.165, 1.54) is 0 Å². The summed E-state index contributed by atoms with van der Waals surface area (Å²) in [6, 6.07) is 16.0. The number of hydrogen-bond donors (Lipinski definition) is 1. The minimum absolute atomic E-state index is 0.196. The first-order valence-corrected chi connectivity index (χ1v) is 10.9. The normalized spacial score (nSPS) is 15.1. The molecule has 0 unspecified atom stereocenters. The maximum atomic E-state index is 6.46. The third-order valence-electron chi connectivity index (χ3n) is 5.03. The summed E-state index contributed by atoms with van der Waals surface area (Å²) in [6.45, 7) is 1.96. The fourth-order valence-corrected chi connectivity index (χ4v) is 4.88. The zero-order valence-corrected chi connectivity index (χ0v) is 17.3. The highest BCUT2D eigenvalue weighted by atomic mass is 35.5. The molecule has 0 aliphatic carbocycles. The Kier molecular flexibility index (Phi) is 5.23. The number of aromatic nitrogens is 2. The van der Waals surface area contributed by atoms with Crippen LogP contribution in [0.25, 0.3) is 20.9 Å². The standard InChI is InChI=1S/C22H20ClN3O2S/c23-15-5-3-4-14(12-15)13-19-25-22(28-26-19)21-20(27-16-8-10-24-11-9-16)17-6-1-2-7-18(17)29-21/h1-7,12,16,24H,8-11,13H2. The van der Waals surface area contributed by atoms with Gasteiger partial charge < -0.3 is 14.6 Å². The number of benzene rings is 2. The van der Waals surface area contributed by atoms with Gasteiger partial charge in [0.1, 0.15) is 11.0 Å². The van der Waals surface area contributed by atoms with Crippen LogP contribution in [0, 0.1) is 0 Å². The lowest BCUT2D eigenvalue weighted by molar-refractivity contribution is 0.165. The van der Waals surface area contributed by atoms with Crippen molar-refractivity contribution in [2.24, 2.45) is 0 Å². The number of thiophene rings is 1. The van der Waals surface area contributed by atoms with E-state index in [1.54, 1.807) is 11.3 Å². The van der Waals surface area contributed by atoms with Crippen LogP contribution in [0.2, 0.25) is 5.02 Å². The van der Waals surface area contributed by atoms with Gasteiger partial charge in [0.15, 0.2) is 11.6 Å². The van der Waals surface area contributed by atoms with Crippen LogP contribution in [0.4, 0.5) is 0 Å². The van der Waals surface area contributed by atoms with Crippen molar-refractivity contribution in [1.82, 2.24) is 15.5 Å². The molecular weight excluding hydrogens is 406 g/mol. The van der Waals surface area contributed by atoms with E-state index in [2.05, 4.69) is 27.6 Å². The van der Waals surface area contributed by atoms with Gasteiger partial charge in [0.2, 0.25) is 0 Å². The summed E-state index contributed by atoms with van der Waals surface area (Å²) in [4.78, 5) is 5.55. The SMILES string of the molecule is Clc1cccc(Cc2noc(-c3sc4ccccc4c3OC3CCNCC3)n2)c1. The van der Waals surface area contributed by atoms with Gasteiger partial charge in [-0.2, -0.15) is 4.98 Å². The van der Waals surface area contributed by atoms with E-state index < -0.39 is 0 Å². The Hall–Kier alpha value is -2.41. The highest BCUT2D eigenvalue weighted by molar-refractivity contribution is 7.22. The number of ether oxygens (including phenoxy) is 1. The summed E-state index contributed by atoms with van der Waals surface area (Å²) >= 11 is 7.72. The first-order valence-electron chi connectivity index (χ1n) is 9.72. The Morgan fingerprint density at radius 1 is 1.14 bits per heavy atom. The summed E-state index contributed by atoms with van der Waals surface area (Å²) in [5.41, 5.74) is 1.05. The lowest BCUT2D eigenvalue weighted by Crippen LogP contribution is -2.34. The summed E-state index contributed by atoms with van der Waals surface area (Å²) in [5, 5.41) is 9.37. The van der Waals surface area contributed by atoms with E-state index in [4.69, 9.17) is 20.9 Å². The molecule has 4 aromatic rings. The van der Waals surface area contributed by atoms with Gasteiger partial charge in [-0.05, 0) is 55.8 Å². The maximum absolute atomic E-state index is 6.46. The summed E-state index contributed by atoms with van der Waals surface area (Å²) in [7, 11) is 0. The van der Waals surface area contributed by atoms with Crippen LogP contribution in [0.5, 0.6) is 5.75 Å². The van der Waals surface area contributed by atoms with E-state index in [0.717, 1.165) is 52.2 Å². The van der Waals surface area contributed by atoms with Crippen LogP contribution in [0.1, 0.15) is 24.2 Å². The molecule has 0 spiro atoms. The van der Waals surface area contributed by atoms with Gasteiger partial charge in [0.25, 0.3) is 5.89 Å². The van der Waals surface area contributed by atoms with Gasteiger partial charge >= 0.3 is 0 Å². The molecule has 3 heterocycles. The Morgan fingerprint density at radius 3 is 2.86 bits per heavy atom. The summed E-state index contributed by atoms with van der Waals surface area (Å²) < 4.78 is 13.3. The summed E-state index contributed by atoms with van der Waals surface area (Å²) in [5.74, 6) is 2.00. The van der Waals surface area contributed by atoms with Crippen molar-refractivity contribution in [2.75, 3.05) is 13.1 Å². The molecule has 148 valence electrons. The van der Waals surface area contributed by atoms with Crippen LogP contribution < -0.4 is 10.1 Å². The number of hydrogen-bond acceptors (Lipinski definition) is 6. The van der Waals surface area contributed by atoms with Gasteiger partial charge in [0, 0.05) is 21.5 Å². The Morgan fingerprint density at radius 2 is 2.00 bits per heavy atom. The van der Waals surface area contributed by atoms with E-state index in [9.17, 15) is 0 Å². The van der Waals surface area contributed by atoms with Crippen LogP contribution in [0.3, 0.4) is 0 Å². The molecule has 5 nitrogen and oxygen atoms in total. The molecule has 1 fully saturated rings. The van der Waals surface area contributed by atoms with E-state index in [0.29, 0.717) is 23.2 Å². The van der Waals surface area contributed by atoms with Gasteiger partial charge in [-0.1, -0.05) is 41.0 Å². The number of piperidine rings is 1. The first kappa shape index (κ1) is 18.6. The fourth-order valence-electron chi connectivity index (χ4n) is 3.61. The second-order valence-electron chi connectivity index (χ2n) is 7.15. The lowest BCUT2D eigenvalue weighted by Gasteiger charge is -2.24. The molecule has 2 aromatic heterocycles. The van der Waals surface area contributed by atoms with Crippen molar-refractivity contribution in [3.8, 4) is 16.5 Å². The van der Waals surface area contributed by atoms with E-state index >= 15 is 0 Å². The summed E-state index contributed by atoms with van der Waals surface area (Å²) in [6.07, 6.45) is 2.75. The molecule has 1 aliphatic rings. The van der Waals surface area contributed by atoms with Crippen molar-refractivity contribution < 1.29 is 9.26 Å². The molecule has 0 amide bonds. The van der Waals surface area contributed by atoms with Crippen LogP contribution in [-0.4, -0.2) is 29.3 Å². The molecule has 1 saturated heterocycles. The number of halogens is 1. The van der Waals surface area contributed by atoms with Gasteiger partial charge in [0.05, 0.1) is 0 Å². The van der Waals surface area contributed by atoms with Crippen molar-refractivity contribution in [3.63, 3.8) is 0 Å². The minimum atomic E-state index is 0.196. The molecule has 1 N–H and O–H groups in total. The highest BCUT2D eigenvalue weighted by Crippen LogP contribution is 2.44. The molecule has 29 heavy (non-hydrogen) atoms. The van der Waals surface area contributed by atoms with Crippen molar-refractivity contribution in [3.05, 3.63) is 64.9 Å². The lowest BCUT2D eigenvalue weighted by atomic mass is 10.1. The van der Waals surface area contributed by atoms with Gasteiger partial charge in [-0.15, -0.1) is 11.3 Å². The van der Waals surface area contributed by atoms with Gasteiger partial charge in [-0.25, -0.2) is 0 Å². The van der Waals surface area contributed by atoms with Crippen LogP contribution in [0.15, 0.2) is 53.1 Å². The number of rotatable bonds is 5. The fraction of sp³-hybridized carbons (Fsp3) is 0.273. The zero-order valence-electron chi connectivity index (χ0n) is 15.7. The predicted molar refractivity (Wildman–Crippen MR) is 116 cm³/mol. The number of nitrogens with one attached hydrogen (secondary N) is 1. The largest absolute Gasteiger partial charge is 0.488 e. The zero-order chi connectivity index (χ0) is 19.6. The second-order valence-corrected chi connectivity index (χ2v) is 8.63. The highest BCUT2D eigenvalue weighted by Gasteiger charge is 2.24. The third-order valence-corrected chi connectivity index (χ3v) is 6.41. The Labute approximate surface area is 177 Å². The second kappa shape index (κ2) is 8.14.